The Bertz CT molecular complexity index is 885. The summed E-state index contributed by atoms with van der Waals surface area (Å²) in [6, 6.07) is 6.17. The Morgan fingerprint density at radius 1 is 1.19 bits per heavy atom. The first-order valence-electron chi connectivity index (χ1n) is 11.4. The van der Waals surface area contributed by atoms with Gasteiger partial charge in [0, 0.05) is 11.8 Å². The Kier molecular flexibility index (Phi) is 5.14. The molecule has 2 saturated carbocycles. The Labute approximate surface area is 188 Å². The zero-order valence-electron chi connectivity index (χ0n) is 18.9. The van der Waals surface area contributed by atoms with E-state index >= 15 is 0 Å². The zero-order valence-corrected chi connectivity index (χ0v) is 18.9. The van der Waals surface area contributed by atoms with Crippen LogP contribution in [0, 0.1) is 17.7 Å². The number of aliphatic hydroxyl groups excluding tert-OH is 1. The van der Waals surface area contributed by atoms with Crippen molar-refractivity contribution in [2.45, 2.75) is 80.9 Å². The van der Waals surface area contributed by atoms with E-state index in [0.717, 1.165) is 5.56 Å². The van der Waals surface area contributed by atoms with Gasteiger partial charge in [-0.2, -0.15) is 0 Å². The van der Waals surface area contributed by atoms with Gasteiger partial charge in [0.1, 0.15) is 5.82 Å². The average Bonchev–Trinajstić information content (AvgIpc) is 3.12. The van der Waals surface area contributed by atoms with Gasteiger partial charge in [0.25, 0.3) is 0 Å². The average molecular weight is 449 g/mol. The first kappa shape index (κ1) is 22.4. The third-order valence-electron chi connectivity index (χ3n) is 8.22. The molecule has 0 aromatic heterocycles. The fourth-order valence-corrected chi connectivity index (χ4v) is 7.04. The molecule has 2 spiro atoms. The third-order valence-corrected chi connectivity index (χ3v) is 8.22. The highest BCUT2D eigenvalue weighted by Crippen LogP contribution is 2.68. The Morgan fingerprint density at radius 3 is 2.59 bits per heavy atom. The number of ether oxygens (including phenoxy) is 4. The molecule has 4 bridgehead atoms. The van der Waals surface area contributed by atoms with E-state index < -0.39 is 40.7 Å². The molecule has 0 amide bonds. The molecule has 8 atom stereocenters. The summed E-state index contributed by atoms with van der Waals surface area (Å²) in [5.41, 5.74) is -3.75. The van der Waals surface area contributed by atoms with E-state index in [1.807, 2.05) is 13.8 Å². The third kappa shape index (κ3) is 2.79. The summed E-state index contributed by atoms with van der Waals surface area (Å²) in [7, 11) is 0. The highest BCUT2D eigenvalue weighted by Gasteiger charge is 2.86. The minimum atomic E-state index is -1.33. The van der Waals surface area contributed by atoms with E-state index in [9.17, 15) is 14.6 Å². The number of rotatable bonds is 6. The molecular formula is C25H33FO6. The van der Waals surface area contributed by atoms with Crippen LogP contribution in [0.1, 0.15) is 39.2 Å². The molecule has 0 radical (unpaired) electrons. The van der Waals surface area contributed by atoms with Crippen LogP contribution in [-0.4, -0.2) is 64.1 Å². The van der Waals surface area contributed by atoms with Gasteiger partial charge in [-0.15, -0.1) is 6.58 Å². The molecule has 1 aromatic rings. The maximum absolute atomic E-state index is 13.4. The van der Waals surface area contributed by atoms with Crippen molar-refractivity contribution in [2.24, 2.45) is 11.8 Å². The molecule has 6 nitrogen and oxygen atoms in total. The monoisotopic (exact) mass is 448 g/mol. The maximum Gasteiger partial charge on any atom is 0.157 e. The maximum atomic E-state index is 13.4. The predicted octanol–water partition coefficient (Wildman–Crippen LogP) is 2.75. The van der Waals surface area contributed by atoms with E-state index in [2.05, 4.69) is 6.58 Å². The summed E-state index contributed by atoms with van der Waals surface area (Å²) < 4.78 is 39.2. The van der Waals surface area contributed by atoms with Crippen molar-refractivity contribution in [3.8, 4) is 0 Å². The molecule has 1 aromatic carbocycles. The summed E-state index contributed by atoms with van der Waals surface area (Å²) >= 11 is 0. The number of halogens is 1. The van der Waals surface area contributed by atoms with Crippen LogP contribution in [0.4, 0.5) is 4.39 Å². The van der Waals surface area contributed by atoms with Gasteiger partial charge in [0.2, 0.25) is 0 Å². The zero-order chi connectivity index (χ0) is 22.9. The van der Waals surface area contributed by atoms with Crippen molar-refractivity contribution in [3.05, 3.63) is 48.3 Å². The van der Waals surface area contributed by atoms with E-state index in [4.69, 9.17) is 18.9 Å². The number of fused-ring (bicyclic) bond motifs is 2. The highest BCUT2D eigenvalue weighted by atomic mass is 19.1. The molecule has 2 heterocycles. The smallest absolute Gasteiger partial charge is 0.157 e. The normalized spacial score (nSPS) is 46.1. The van der Waals surface area contributed by atoms with Gasteiger partial charge in [-0.3, -0.25) is 0 Å². The van der Waals surface area contributed by atoms with Gasteiger partial charge in [0.05, 0.1) is 49.3 Å². The van der Waals surface area contributed by atoms with E-state index in [1.165, 1.54) is 12.1 Å². The molecule has 4 aliphatic rings. The molecular weight excluding hydrogens is 415 g/mol. The lowest BCUT2D eigenvalue weighted by molar-refractivity contribution is -0.350. The van der Waals surface area contributed by atoms with Crippen LogP contribution in [0.5, 0.6) is 0 Å². The number of benzene rings is 1. The lowest BCUT2D eigenvalue weighted by Gasteiger charge is -2.62. The van der Waals surface area contributed by atoms with Crippen molar-refractivity contribution in [1.82, 2.24) is 0 Å². The van der Waals surface area contributed by atoms with Crippen molar-refractivity contribution < 1.29 is 33.6 Å². The fourth-order valence-electron chi connectivity index (χ4n) is 7.04. The van der Waals surface area contributed by atoms with Gasteiger partial charge in [0.15, 0.2) is 11.2 Å². The standard InChI is InChI=1S/C25H33FO6/c1-5-10-29-20-16-12-23(4,28)25-21(30-13-15-6-8-17(26)9-7-15)18(22(2,3)32-25)11-19(27)24(20,25)31-14-16/h5-9,16,18-21,27-28H,1,10-14H2,2-4H3/t16-,18-,19+,20-,21+,23+,24+,25+/m1/s1. The SMILES string of the molecule is C=CCO[C@@H]1[C@H]2CO[C@@]13[C@@H](O)C[C@@H]1[C@H](OCc4ccc(F)cc4)[C@]3(OC1(C)C)[C@@](C)(O)C2. The summed E-state index contributed by atoms with van der Waals surface area (Å²) in [6.07, 6.45) is 0.598. The van der Waals surface area contributed by atoms with Crippen molar-refractivity contribution in [1.29, 1.82) is 0 Å². The predicted molar refractivity (Wildman–Crippen MR) is 114 cm³/mol. The molecule has 176 valence electrons. The number of hydrogen-bond donors (Lipinski definition) is 2. The Balaban J connectivity index is 1.60. The second-order valence-corrected chi connectivity index (χ2v) is 10.5. The lowest BCUT2D eigenvalue weighted by atomic mass is 9.51. The second kappa shape index (κ2) is 7.32. The van der Waals surface area contributed by atoms with Crippen LogP contribution in [0.15, 0.2) is 36.9 Å². The largest absolute Gasteiger partial charge is 0.390 e. The summed E-state index contributed by atoms with van der Waals surface area (Å²) in [5, 5.41) is 23.4. The highest BCUT2D eigenvalue weighted by molar-refractivity contribution is 5.35. The van der Waals surface area contributed by atoms with E-state index in [1.54, 1.807) is 25.1 Å². The van der Waals surface area contributed by atoms with Crippen LogP contribution in [0.2, 0.25) is 0 Å². The van der Waals surface area contributed by atoms with Gasteiger partial charge < -0.3 is 29.2 Å². The molecule has 2 saturated heterocycles. The lowest BCUT2D eigenvalue weighted by Crippen LogP contribution is -2.83. The minimum absolute atomic E-state index is 0.0770. The molecule has 32 heavy (non-hydrogen) atoms. The summed E-state index contributed by atoms with van der Waals surface area (Å²) in [6.45, 7) is 10.4. The fraction of sp³-hybridized carbons (Fsp3) is 0.680. The van der Waals surface area contributed by atoms with Gasteiger partial charge in [-0.05, 0) is 51.3 Å². The van der Waals surface area contributed by atoms with Crippen molar-refractivity contribution in [3.63, 3.8) is 0 Å². The van der Waals surface area contributed by atoms with Crippen LogP contribution >= 0.6 is 0 Å². The quantitative estimate of drug-likeness (QED) is 0.652. The number of hydrogen-bond acceptors (Lipinski definition) is 6. The molecule has 2 N–H and O–H groups in total. The van der Waals surface area contributed by atoms with Crippen LogP contribution in [-0.2, 0) is 25.6 Å². The van der Waals surface area contributed by atoms with Crippen LogP contribution in [0.25, 0.3) is 0 Å². The Hall–Kier alpha value is -1.35. The topological polar surface area (TPSA) is 77.4 Å². The molecule has 2 aliphatic carbocycles. The molecule has 5 rings (SSSR count). The molecule has 0 unspecified atom stereocenters. The molecule has 4 fully saturated rings. The second-order valence-electron chi connectivity index (χ2n) is 10.5. The first-order chi connectivity index (χ1) is 15.1. The van der Waals surface area contributed by atoms with Crippen LogP contribution < -0.4 is 0 Å². The van der Waals surface area contributed by atoms with Gasteiger partial charge >= 0.3 is 0 Å². The number of aliphatic hydroxyl groups is 2. The van der Waals surface area contributed by atoms with Gasteiger partial charge in [-0.1, -0.05) is 18.2 Å². The summed E-state index contributed by atoms with van der Waals surface area (Å²) in [5.74, 6) is -0.554. The first-order valence-corrected chi connectivity index (χ1v) is 11.4. The Morgan fingerprint density at radius 2 is 1.91 bits per heavy atom. The molecule has 2 aliphatic heterocycles. The van der Waals surface area contributed by atoms with Crippen LogP contribution in [0.3, 0.4) is 0 Å². The van der Waals surface area contributed by atoms with E-state index in [-0.39, 0.29) is 24.3 Å². The minimum Gasteiger partial charge on any atom is -0.390 e. The van der Waals surface area contributed by atoms with Gasteiger partial charge in [-0.25, -0.2) is 4.39 Å². The summed E-state index contributed by atoms with van der Waals surface area (Å²) in [4.78, 5) is 0. The van der Waals surface area contributed by atoms with Crippen molar-refractivity contribution >= 4 is 0 Å². The molecule has 7 heteroatoms. The van der Waals surface area contributed by atoms with E-state index in [0.29, 0.717) is 26.1 Å². The van der Waals surface area contributed by atoms with Crippen molar-refractivity contribution in [2.75, 3.05) is 13.2 Å².